The van der Waals surface area contributed by atoms with Gasteiger partial charge in [-0.05, 0) is 58.0 Å². The molecule has 0 spiro atoms. The molecule has 2 aliphatic rings. The molecule has 1 heterocycles. The van der Waals surface area contributed by atoms with Crippen molar-refractivity contribution in [1.29, 1.82) is 0 Å². The summed E-state index contributed by atoms with van der Waals surface area (Å²) in [7, 11) is 0. The summed E-state index contributed by atoms with van der Waals surface area (Å²) in [5.41, 5.74) is 11.4. The lowest BCUT2D eigenvalue weighted by Crippen LogP contribution is -2.16. The summed E-state index contributed by atoms with van der Waals surface area (Å²) in [4.78, 5) is 14.9. The standard InChI is InChI=1S/C39H31N3/c1-26-19-20-30-22-31(27-13-7-4-8-14-27)24-35-34(30)25-33(39(35,2)3)23-32(21-26)38-41-36(28-15-9-5-10-16-28)40-37(42-38)29-17-11-6-12-18-29/h4-24H,1,25H2,2-3H3/b20-19-,32-21+,33-23+. The lowest BCUT2D eigenvalue weighted by molar-refractivity contribution is 0.644. The van der Waals surface area contributed by atoms with E-state index in [1.165, 1.54) is 33.4 Å². The summed E-state index contributed by atoms with van der Waals surface area (Å²) < 4.78 is 0. The van der Waals surface area contributed by atoms with Gasteiger partial charge in [0.1, 0.15) is 0 Å². The van der Waals surface area contributed by atoms with Gasteiger partial charge in [-0.3, -0.25) is 0 Å². The maximum Gasteiger partial charge on any atom is 0.164 e. The van der Waals surface area contributed by atoms with Gasteiger partial charge in [0.05, 0.1) is 0 Å². The van der Waals surface area contributed by atoms with E-state index in [0.717, 1.165) is 28.7 Å². The van der Waals surface area contributed by atoms with Crippen LogP contribution in [0.2, 0.25) is 0 Å². The monoisotopic (exact) mass is 541 g/mol. The third-order valence-corrected chi connectivity index (χ3v) is 8.34. The van der Waals surface area contributed by atoms with E-state index < -0.39 is 0 Å². The van der Waals surface area contributed by atoms with Crippen LogP contribution in [0.25, 0.3) is 45.6 Å². The van der Waals surface area contributed by atoms with Crippen LogP contribution < -0.4 is 0 Å². The predicted molar refractivity (Wildman–Crippen MR) is 174 cm³/mol. The van der Waals surface area contributed by atoms with Crippen molar-refractivity contribution < 1.29 is 0 Å². The minimum Gasteiger partial charge on any atom is -0.208 e. The van der Waals surface area contributed by atoms with Gasteiger partial charge in [-0.15, -0.1) is 0 Å². The Morgan fingerprint density at radius 1 is 0.595 bits per heavy atom. The largest absolute Gasteiger partial charge is 0.208 e. The first-order chi connectivity index (χ1) is 20.5. The van der Waals surface area contributed by atoms with Crippen LogP contribution >= 0.6 is 0 Å². The Hall–Kier alpha value is -5.15. The summed E-state index contributed by atoms with van der Waals surface area (Å²) in [5, 5.41) is 0. The molecule has 2 aliphatic carbocycles. The normalized spacial score (nSPS) is 18.5. The van der Waals surface area contributed by atoms with E-state index in [4.69, 9.17) is 15.0 Å². The molecule has 3 heteroatoms. The van der Waals surface area contributed by atoms with Crippen LogP contribution in [0.5, 0.6) is 0 Å². The second-order valence-electron chi connectivity index (χ2n) is 11.5. The van der Waals surface area contributed by atoms with Gasteiger partial charge in [0, 0.05) is 22.1 Å². The lowest BCUT2D eigenvalue weighted by atomic mass is 9.80. The first-order valence-corrected chi connectivity index (χ1v) is 14.4. The topological polar surface area (TPSA) is 38.7 Å². The highest BCUT2D eigenvalue weighted by Gasteiger charge is 2.36. The molecule has 0 amide bonds. The second kappa shape index (κ2) is 10.4. The van der Waals surface area contributed by atoms with Crippen molar-refractivity contribution in [2.24, 2.45) is 0 Å². The van der Waals surface area contributed by atoms with E-state index in [1.807, 2.05) is 60.7 Å². The molecule has 2 bridgehead atoms. The van der Waals surface area contributed by atoms with Crippen molar-refractivity contribution in [3.8, 4) is 33.9 Å². The first kappa shape index (κ1) is 25.8. The average molecular weight is 542 g/mol. The van der Waals surface area contributed by atoms with Gasteiger partial charge < -0.3 is 0 Å². The van der Waals surface area contributed by atoms with Gasteiger partial charge in [0.2, 0.25) is 0 Å². The van der Waals surface area contributed by atoms with Crippen LogP contribution in [0.3, 0.4) is 0 Å². The molecule has 7 rings (SSSR count). The molecule has 0 atom stereocenters. The van der Waals surface area contributed by atoms with Crippen molar-refractivity contribution in [2.45, 2.75) is 25.7 Å². The Morgan fingerprint density at radius 3 is 1.74 bits per heavy atom. The molecule has 5 aromatic rings. The SMILES string of the molecule is C=C1/C=C\c2cc(-c3ccccc3)cc3c2C/C(=C\C(c2nc(-c4ccccc4)nc(-c4ccccc4)n2)=C/1)C3(C)C. The van der Waals surface area contributed by atoms with E-state index in [-0.39, 0.29) is 5.41 Å². The molecule has 1 aromatic heterocycles. The Kier molecular flexibility index (Phi) is 6.36. The number of hydrogen-bond acceptors (Lipinski definition) is 3. The highest BCUT2D eigenvalue weighted by Crippen LogP contribution is 2.47. The minimum atomic E-state index is -0.162. The fourth-order valence-electron chi connectivity index (χ4n) is 5.95. The summed E-state index contributed by atoms with van der Waals surface area (Å²) in [6.45, 7) is 9.05. The van der Waals surface area contributed by atoms with Crippen LogP contribution in [0.1, 0.15) is 36.4 Å². The highest BCUT2D eigenvalue weighted by atomic mass is 15.0. The number of allylic oxidation sites excluding steroid dienone is 6. The summed E-state index contributed by atoms with van der Waals surface area (Å²) >= 11 is 0. The summed E-state index contributed by atoms with van der Waals surface area (Å²) in [5.74, 6) is 1.95. The number of benzene rings is 4. The number of hydrogen-bond donors (Lipinski definition) is 0. The van der Waals surface area contributed by atoms with Gasteiger partial charge in [-0.1, -0.05) is 135 Å². The van der Waals surface area contributed by atoms with E-state index >= 15 is 0 Å². The molecule has 3 nitrogen and oxygen atoms in total. The van der Waals surface area contributed by atoms with Gasteiger partial charge in [-0.25, -0.2) is 15.0 Å². The summed E-state index contributed by atoms with van der Waals surface area (Å²) in [6.07, 6.45) is 9.58. The van der Waals surface area contributed by atoms with Gasteiger partial charge in [-0.2, -0.15) is 0 Å². The molecule has 0 unspecified atom stereocenters. The zero-order valence-corrected chi connectivity index (χ0v) is 23.9. The number of aromatic nitrogens is 3. The van der Waals surface area contributed by atoms with Crippen LogP contribution in [0.4, 0.5) is 0 Å². The van der Waals surface area contributed by atoms with Crippen molar-refractivity contribution in [2.75, 3.05) is 0 Å². The molecule has 0 N–H and O–H groups in total. The Labute approximate surface area is 247 Å². The fourth-order valence-corrected chi connectivity index (χ4v) is 5.95. The van der Waals surface area contributed by atoms with E-state index in [0.29, 0.717) is 17.5 Å². The molecule has 0 aliphatic heterocycles. The van der Waals surface area contributed by atoms with Crippen LogP contribution in [-0.2, 0) is 11.8 Å². The van der Waals surface area contributed by atoms with Crippen molar-refractivity contribution in [1.82, 2.24) is 15.0 Å². The molecule has 4 aromatic carbocycles. The van der Waals surface area contributed by atoms with Crippen molar-refractivity contribution in [3.05, 3.63) is 162 Å². The van der Waals surface area contributed by atoms with Gasteiger partial charge in [0.15, 0.2) is 17.5 Å². The first-order valence-electron chi connectivity index (χ1n) is 14.4. The fraction of sp³-hybridized carbons (Fsp3) is 0.103. The van der Waals surface area contributed by atoms with Crippen molar-refractivity contribution >= 4 is 11.6 Å². The number of nitrogens with zero attached hydrogens (tertiary/aromatic N) is 3. The lowest BCUT2D eigenvalue weighted by Gasteiger charge is -2.23. The Morgan fingerprint density at radius 2 is 1.14 bits per heavy atom. The van der Waals surface area contributed by atoms with Crippen LogP contribution in [0.15, 0.2) is 139 Å². The van der Waals surface area contributed by atoms with Crippen molar-refractivity contribution in [3.63, 3.8) is 0 Å². The average Bonchev–Trinajstić information content (AvgIpc) is 3.29. The van der Waals surface area contributed by atoms with E-state index in [1.54, 1.807) is 0 Å². The molecule has 202 valence electrons. The maximum absolute atomic E-state index is 5.02. The molecule has 0 radical (unpaired) electrons. The third kappa shape index (κ3) is 4.73. The van der Waals surface area contributed by atoms with Crippen LogP contribution in [0, 0.1) is 0 Å². The quantitative estimate of drug-likeness (QED) is 0.228. The van der Waals surface area contributed by atoms with Gasteiger partial charge >= 0.3 is 0 Å². The number of rotatable bonds is 4. The summed E-state index contributed by atoms with van der Waals surface area (Å²) in [6, 6.07) is 35.5. The maximum atomic E-state index is 5.02. The Balaban J connectivity index is 1.41. The molecular weight excluding hydrogens is 510 g/mol. The Bertz CT molecular complexity index is 1850. The molecular formula is C39H31N3. The minimum absolute atomic E-state index is 0.162. The van der Waals surface area contributed by atoms with Crippen LogP contribution in [-0.4, -0.2) is 15.0 Å². The molecule has 0 fully saturated rings. The highest BCUT2D eigenvalue weighted by molar-refractivity contribution is 5.81. The number of fused-ring (bicyclic) bond motifs is 1. The zero-order valence-electron chi connectivity index (χ0n) is 23.9. The zero-order chi connectivity index (χ0) is 28.7. The third-order valence-electron chi connectivity index (χ3n) is 8.34. The smallest absolute Gasteiger partial charge is 0.164 e. The van der Waals surface area contributed by atoms with E-state index in [9.17, 15) is 0 Å². The molecule has 0 saturated heterocycles. The molecule has 0 saturated carbocycles. The molecule has 42 heavy (non-hydrogen) atoms. The predicted octanol–water partition coefficient (Wildman–Crippen LogP) is 9.30. The van der Waals surface area contributed by atoms with E-state index in [2.05, 4.69) is 87.2 Å². The van der Waals surface area contributed by atoms with Gasteiger partial charge in [0.25, 0.3) is 0 Å². The second-order valence-corrected chi connectivity index (χ2v) is 11.5.